The zero-order chi connectivity index (χ0) is 15.0. The maximum Gasteiger partial charge on any atom is 0.270 e. The Labute approximate surface area is 124 Å². The first kappa shape index (κ1) is 14.0. The minimum Gasteiger partial charge on any atom is -0.368 e. The third-order valence-corrected chi connectivity index (χ3v) is 4.89. The van der Waals surface area contributed by atoms with Crippen LogP contribution in [0.5, 0.6) is 0 Å². The van der Waals surface area contributed by atoms with Gasteiger partial charge in [0.25, 0.3) is 5.69 Å². The van der Waals surface area contributed by atoms with Crippen LogP contribution < -0.4 is 4.90 Å². The highest BCUT2D eigenvalue weighted by molar-refractivity contribution is 6.00. The molecule has 1 aromatic rings. The number of ketones is 1. The highest BCUT2D eigenvalue weighted by atomic mass is 16.6. The zero-order valence-corrected chi connectivity index (χ0v) is 12.2. The van der Waals surface area contributed by atoms with Crippen LogP contribution in [-0.2, 0) is 0 Å². The normalized spacial score (nSPS) is 24.7. The monoisotopic (exact) mass is 288 g/mol. The van der Waals surface area contributed by atoms with E-state index in [2.05, 4.69) is 4.90 Å². The summed E-state index contributed by atoms with van der Waals surface area (Å²) in [5.41, 5.74) is 1.35. The molecule has 0 aromatic heterocycles. The molecular weight excluding hydrogens is 268 g/mol. The molecule has 0 amide bonds. The molecule has 2 fully saturated rings. The standard InChI is InChI=1S/C16H20N2O3/c1-11(19)14-10-13(18(20)21)6-7-16(14)17-9-8-12-4-2-3-5-15(12)17/h6-7,10,12,15H,2-5,8-9H2,1H3. The van der Waals surface area contributed by atoms with Crippen LogP contribution in [0, 0.1) is 16.0 Å². The van der Waals surface area contributed by atoms with Gasteiger partial charge >= 0.3 is 0 Å². The van der Waals surface area contributed by atoms with Crippen LogP contribution in [0.1, 0.15) is 49.4 Å². The summed E-state index contributed by atoms with van der Waals surface area (Å²) in [6, 6.07) is 5.19. The predicted molar refractivity (Wildman–Crippen MR) is 80.8 cm³/mol. The number of nitro benzene ring substituents is 1. The van der Waals surface area contributed by atoms with Crippen molar-refractivity contribution < 1.29 is 9.72 Å². The van der Waals surface area contributed by atoms with E-state index in [0.717, 1.165) is 12.2 Å². The molecule has 1 aliphatic heterocycles. The number of nitro groups is 1. The van der Waals surface area contributed by atoms with Gasteiger partial charge in [-0.1, -0.05) is 12.8 Å². The van der Waals surface area contributed by atoms with Crippen LogP contribution in [0.3, 0.4) is 0 Å². The average Bonchev–Trinajstić information content (AvgIpc) is 2.90. The Bertz CT molecular complexity index is 585. The van der Waals surface area contributed by atoms with Crippen molar-refractivity contribution in [3.05, 3.63) is 33.9 Å². The second-order valence-electron chi connectivity index (χ2n) is 6.11. The molecule has 0 radical (unpaired) electrons. The molecule has 2 atom stereocenters. The number of Topliss-reactive ketones (excluding diaryl/α,β-unsaturated/α-hetero) is 1. The Kier molecular flexibility index (Phi) is 3.66. The maximum atomic E-state index is 11.9. The topological polar surface area (TPSA) is 63.4 Å². The third-order valence-electron chi connectivity index (χ3n) is 4.89. The van der Waals surface area contributed by atoms with E-state index in [1.165, 1.54) is 51.2 Å². The minimum atomic E-state index is -0.441. The van der Waals surface area contributed by atoms with E-state index in [0.29, 0.717) is 17.5 Å². The minimum absolute atomic E-state index is 0.0108. The summed E-state index contributed by atoms with van der Waals surface area (Å²) < 4.78 is 0. The van der Waals surface area contributed by atoms with Gasteiger partial charge in [-0.3, -0.25) is 14.9 Å². The van der Waals surface area contributed by atoms with E-state index in [-0.39, 0.29) is 11.5 Å². The SMILES string of the molecule is CC(=O)c1cc([N+](=O)[O-])ccc1N1CCC2CCCCC21. The molecule has 0 spiro atoms. The lowest BCUT2D eigenvalue weighted by molar-refractivity contribution is -0.384. The molecule has 1 aromatic carbocycles. The fourth-order valence-electron chi connectivity index (χ4n) is 3.87. The van der Waals surface area contributed by atoms with E-state index in [1.807, 2.05) is 0 Å². The Morgan fingerprint density at radius 1 is 1.29 bits per heavy atom. The molecule has 1 saturated carbocycles. The van der Waals surface area contributed by atoms with Crippen LogP contribution in [0.15, 0.2) is 18.2 Å². The van der Waals surface area contributed by atoms with Crippen LogP contribution >= 0.6 is 0 Å². The van der Waals surface area contributed by atoms with Crippen LogP contribution in [0.25, 0.3) is 0 Å². The van der Waals surface area contributed by atoms with E-state index >= 15 is 0 Å². The Hall–Kier alpha value is -1.91. The van der Waals surface area contributed by atoms with Gasteiger partial charge < -0.3 is 4.90 Å². The van der Waals surface area contributed by atoms with Gasteiger partial charge in [-0.05, 0) is 38.2 Å². The first-order valence-corrected chi connectivity index (χ1v) is 7.64. The summed E-state index contributed by atoms with van der Waals surface area (Å²) in [6.07, 6.45) is 6.14. The van der Waals surface area contributed by atoms with Gasteiger partial charge in [-0.15, -0.1) is 0 Å². The number of carbonyl (C=O) groups excluding carboxylic acids is 1. The second-order valence-corrected chi connectivity index (χ2v) is 6.11. The van der Waals surface area contributed by atoms with Gasteiger partial charge in [-0.25, -0.2) is 0 Å². The first-order chi connectivity index (χ1) is 10.1. The second kappa shape index (κ2) is 5.47. The summed E-state index contributed by atoms with van der Waals surface area (Å²) in [6.45, 7) is 2.43. The van der Waals surface area contributed by atoms with Crippen LogP contribution in [-0.4, -0.2) is 23.3 Å². The van der Waals surface area contributed by atoms with Crippen molar-refractivity contribution in [3.63, 3.8) is 0 Å². The Morgan fingerprint density at radius 3 is 2.76 bits per heavy atom. The summed E-state index contributed by atoms with van der Waals surface area (Å²) in [5, 5.41) is 10.9. The predicted octanol–water partition coefficient (Wildman–Crippen LogP) is 3.57. The van der Waals surface area contributed by atoms with E-state index < -0.39 is 4.92 Å². The molecule has 2 aliphatic rings. The van der Waals surface area contributed by atoms with Crippen LogP contribution in [0.4, 0.5) is 11.4 Å². The summed E-state index contributed by atoms with van der Waals surface area (Å²) in [4.78, 5) is 24.7. The van der Waals surface area contributed by atoms with E-state index in [9.17, 15) is 14.9 Å². The molecule has 5 heteroatoms. The molecule has 0 N–H and O–H groups in total. The van der Waals surface area contributed by atoms with E-state index in [1.54, 1.807) is 6.07 Å². The van der Waals surface area contributed by atoms with Crippen molar-refractivity contribution in [1.82, 2.24) is 0 Å². The number of hydrogen-bond donors (Lipinski definition) is 0. The molecule has 112 valence electrons. The van der Waals surface area contributed by atoms with Gasteiger partial charge in [0.1, 0.15) is 0 Å². The molecular formula is C16H20N2O3. The van der Waals surface area contributed by atoms with Gasteiger partial charge in [0.15, 0.2) is 5.78 Å². The zero-order valence-electron chi connectivity index (χ0n) is 12.2. The third kappa shape index (κ3) is 2.52. The largest absolute Gasteiger partial charge is 0.368 e. The first-order valence-electron chi connectivity index (χ1n) is 7.64. The van der Waals surface area contributed by atoms with Crippen molar-refractivity contribution in [2.45, 2.75) is 45.1 Å². The number of rotatable bonds is 3. The summed E-state index contributed by atoms with van der Waals surface area (Å²) >= 11 is 0. The lowest BCUT2D eigenvalue weighted by Crippen LogP contribution is -2.35. The fourth-order valence-corrected chi connectivity index (χ4v) is 3.87. The maximum absolute atomic E-state index is 11.9. The number of anilines is 1. The van der Waals surface area contributed by atoms with Crippen LogP contribution in [0.2, 0.25) is 0 Å². The molecule has 1 aliphatic carbocycles. The number of fused-ring (bicyclic) bond motifs is 1. The van der Waals surface area contributed by atoms with E-state index in [4.69, 9.17) is 0 Å². The summed E-state index contributed by atoms with van der Waals surface area (Å²) in [7, 11) is 0. The quantitative estimate of drug-likeness (QED) is 0.484. The fraction of sp³-hybridized carbons (Fsp3) is 0.562. The number of benzene rings is 1. The lowest BCUT2D eigenvalue weighted by atomic mass is 9.85. The molecule has 0 bridgehead atoms. The molecule has 5 nitrogen and oxygen atoms in total. The Morgan fingerprint density at radius 2 is 2.05 bits per heavy atom. The molecule has 2 unspecified atom stereocenters. The number of non-ortho nitro benzene ring substituents is 1. The van der Waals surface area contributed by atoms with Crippen molar-refractivity contribution in [3.8, 4) is 0 Å². The summed E-state index contributed by atoms with van der Waals surface area (Å²) in [5.74, 6) is 0.613. The van der Waals surface area contributed by atoms with Crippen molar-refractivity contribution in [1.29, 1.82) is 0 Å². The van der Waals surface area contributed by atoms with Gasteiger partial charge in [-0.2, -0.15) is 0 Å². The van der Waals surface area contributed by atoms with Crippen molar-refractivity contribution in [2.24, 2.45) is 5.92 Å². The smallest absolute Gasteiger partial charge is 0.270 e. The van der Waals surface area contributed by atoms with Gasteiger partial charge in [0, 0.05) is 36.0 Å². The molecule has 1 saturated heterocycles. The number of nitrogens with zero attached hydrogens (tertiary/aromatic N) is 2. The van der Waals surface area contributed by atoms with Gasteiger partial charge in [0.2, 0.25) is 0 Å². The number of carbonyl (C=O) groups is 1. The van der Waals surface area contributed by atoms with Gasteiger partial charge in [0.05, 0.1) is 4.92 Å². The molecule has 3 rings (SSSR count). The molecule has 1 heterocycles. The Balaban J connectivity index is 1.98. The van der Waals surface area contributed by atoms with Crippen molar-refractivity contribution in [2.75, 3.05) is 11.4 Å². The number of hydrogen-bond acceptors (Lipinski definition) is 4. The average molecular weight is 288 g/mol. The lowest BCUT2D eigenvalue weighted by Gasteiger charge is -2.34. The highest BCUT2D eigenvalue weighted by Crippen LogP contribution is 2.40. The molecule has 21 heavy (non-hydrogen) atoms. The van der Waals surface area contributed by atoms with Crippen molar-refractivity contribution >= 4 is 17.2 Å². The highest BCUT2D eigenvalue weighted by Gasteiger charge is 2.37.